The van der Waals surface area contributed by atoms with Gasteiger partial charge in [-0.3, -0.25) is 4.98 Å². The van der Waals surface area contributed by atoms with Crippen molar-refractivity contribution in [2.45, 2.75) is 13.0 Å². The van der Waals surface area contributed by atoms with Gasteiger partial charge in [0.1, 0.15) is 0 Å². The molecule has 0 aliphatic heterocycles. The first-order valence-corrected chi connectivity index (χ1v) is 12.3. The molecule has 0 spiro atoms. The number of hydrogen-bond donors (Lipinski definition) is 0. The van der Waals surface area contributed by atoms with Crippen molar-refractivity contribution < 1.29 is 19.8 Å². The molecule has 0 unspecified atom stereocenters. The molecule has 0 fully saturated rings. The van der Waals surface area contributed by atoms with Crippen molar-refractivity contribution in [1.29, 1.82) is 0 Å². The molecule has 0 aliphatic rings. The number of imidazole rings is 5. The number of nitrogens with zero attached hydrogens (tertiary/aromatic N) is 11. The minimum absolute atomic E-state index is 0. The van der Waals surface area contributed by atoms with Gasteiger partial charge in [-0.05, 0) is 12.7 Å². The van der Waals surface area contributed by atoms with Gasteiger partial charge in [0.25, 0.3) is 0 Å². The fourth-order valence-corrected chi connectivity index (χ4v) is 3.84. The molecular formula is C28H32N11Os+3. The van der Waals surface area contributed by atoms with Gasteiger partial charge in [-0.1, -0.05) is 6.20 Å². The van der Waals surface area contributed by atoms with Crippen molar-refractivity contribution in [3.05, 3.63) is 80.3 Å². The van der Waals surface area contributed by atoms with Gasteiger partial charge in [0, 0.05) is 103 Å². The van der Waals surface area contributed by atoms with Crippen molar-refractivity contribution in [1.82, 2.24) is 52.3 Å². The van der Waals surface area contributed by atoms with Crippen LogP contribution in [0.5, 0.6) is 0 Å². The first kappa shape index (κ1) is 30.1. The molecule has 0 bridgehead atoms. The maximum Gasteiger partial charge on any atom is 4.00 e. The van der Waals surface area contributed by atoms with Crippen LogP contribution in [0, 0.1) is 18.4 Å². The second-order valence-electron chi connectivity index (χ2n) is 8.76. The second kappa shape index (κ2) is 14.1. The summed E-state index contributed by atoms with van der Waals surface area (Å²) in [5, 5.41) is 0. The number of aryl methyl sites for hydroxylation is 6. The second-order valence-corrected chi connectivity index (χ2v) is 8.76. The summed E-state index contributed by atoms with van der Waals surface area (Å²) in [5.41, 5.74) is 1.02. The first-order chi connectivity index (χ1) is 18.9. The van der Waals surface area contributed by atoms with Crippen LogP contribution < -0.4 is 0 Å². The standard InChI is InChI=1S/C11H12N4.C9H10N3.C8H10N4.Os/c1-3-4-7-15-9-6-13-11(15)10-12-5-8-14(10)2;1-11-6-3-4-8(11)9-10-5-7-12(9)2;1-11-5-3-9-7(11)8-10-4-6-12(8)2;/h1,5-6,8-9H,4,7H2,2H3;3,5-7H,1-2H3;3-6H,1-2H3;/q;-1;;+4. The Balaban J connectivity index is 0.000000165. The molecule has 0 radical (unpaired) electrons. The van der Waals surface area contributed by atoms with Crippen LogP contribution in [0.25, 0.3) is 34.8 Å². The largest absolute Gasteiger partial charge is 4.00 e. The number of rotatable bonds is 5. The van der Waals surface area contributed by atoms with Crippen LogP contribution in [0.4, 0.5) is 0 Å². The molecule has 6 aromatic heterocycles. The summed E-state index contributed by atoms with van der Waals surface area (Å²) in [4.78, 5) is 21.2. The third-order valence-electron chi connectivity index (χ3n) is 5.98. The molecule has 0 aromatic carbocycles. The van der Waals surface area contributed by atoms with Crippen LogP contribution in [-0.4, -0.2) is 52.3 Å². The Bertz CT molecular complexity index is 1500. The molecule has 0 saturated carbocycles. The zero-order chi connectivity index (χ0) is 27.8. The van der Waals surface area contributed by atoms with E-state index in [1.807, 2.05) is 106 Å². The van der Waals surface area contributed by atoms with Crippen molar-refractivity contribution in [2.75, 3.05) is 0 Å². The molecule has 0 saturated heterocycles. The molecule has 0 aliphatic carbocycles. The van der Waals surface area contributed by atoms with E-state index >= 15 is 0 Å². The molecule has 40 heavy (non-hydrogen) atoms. The molecule has 204 valence electrons. The number of aromatic nitrogens is 11. The summed E-state index contributed by atoms with van der Waals surface area (Å²) in [6, 6.07) is 5.02. The van der Waals surface area contributed by atoms with Gasteiger partial charge in [0.15, 0.2) is 23.3 Å². The van der Waals surface area contributed by atoms with Crippen molar-refractivity contribution in [2.24, 2.45) is 35.2 Å². The fourth-order valence-electron chi connectivity index (χ4n) is 3.84. The predicted molar refractivity (Wildman–Crippen MR) is 150 cm³/mol. The van der Waals surface area contributed by atoms with Gasteiger partial charge in [0.05, 0.1) is 5.82 Å². The van der Waals surface area contributed by atoms with E-state index in [4.69, 9.17) is 6.42 Å². The molecule has 6 heterocycles. The smallest absolute Gasteiger partial charge is 0.420 e. The third kappa shape index (κ3) is 6.93. The SMILES string of the molecule is C#CCCn1ccnc1-c1nccn1C.Cn1cc[c-]c1-c1nccn1C.Cn1ccnc1-c1nccn1C.[Os+4]. The minimum atomic E-state index is 0. The molecule has 12 heteroatoms. The Morgan fingerprint density at radius 2 is 1.02 bits per heavy atom. The van der Waals surface area contributed by atoms with Crippen LogP contribution in [0.15, 0.2) is 74.2 Å². The van der Waals surface area contributed by atoms with Gasteiger partial charge in [0.2, 0.25) is 0 Å². The quantitative estimate of drug-likeness (QED) is 0.202. The normalized spacial score (nSPS) is 10.1. The van der Waals surface area contributed by atoms with Crippen LogP contribution in [-0.2, 0) is 61.6 Å². The van der Waals surface area contributed by atoms with E-state index in [9.17, 15) is 0 Å². The Morgan fingerprint density at radius 3 is 1.43 bits per heavy atom. The molecule has 0 amide bonds. The summed E-state index contributed by atoms with van der Waals surface area (Å²) < 4.78 is 11.8. The van der Waals surface area contributed by atoms with E-state index in [0.717, 1.165) is 41.4 Å². The summed E-state index contributed by atoms with van der Waals surface area (Å²) >= 11 is 0. The van der Waals surface area contributed by atoms with E-state index in [2.05, 4.69) is 36.9 Å². The number of terminal acetylenes is 1. The first-order valence-electron chi connectivity index (χ1n) is 12.3. The Labute approximate surface area is 247 Å². The molecule has 6 rings (SSSR count). The third-order valence-corrected chi connectivity index (χ3v) is 5.98. The Morgan fingerprint density at radius 1 is 0.600 bits per heavy atom. The fraction of sp³-hybridized carbons (Fsp3) is 0.250. The topological polar surface area (TPSA) is 94.0 Å². The van der Waals surface area contributed by atoms with Crippen molar-refractivity contribution >= 4 is 0 Å². The van der Waals surface area contributed by atoms with E-state index < -0.39 is 0 Å². The predicted octanol–water partition coefficient (Wildman–Crippen LogP) is 3.35. The monoisotopic (exact) mass is 714 g/mol. The van der Waals surface area contributed by atoms with Crippen molar-refractivity contribution in [3.8, 4) is 47.2 Å². The Hall–Kier alpha value is -4.47. The average molecular weight is 713 g/mol. The van der Waals surface area contributed by atoms with Gasteiger partial charge >= 0.3 is 19.8 Å². The zero-order valence-electron chi connectivity index (χ0n) is 23.2. The van der Waals surface area contributed by atoms with Crippen LogP contribution >= 0.6 is 0 Å². The summed E-state index contributed by atoms with van der Waals surface area (Å²) in [6.45, 7) is 0.776. The van der Waals surface area contributed by atoms with Gasteiger partial charge in [-0.2, -0.15) is 12.1 Å². The maximum absolute atomic E-state index is 5.24. The van der Waals surface area contributed by atoms with Crippen LogP contribution in [0.2, 0.25) is 0 Å². The van der Waals surface area contributed by atoms with E-state index in [-0.39, 0.29) is 19.8 Å². The van der Waals surface area contributed by atoms with Crippen LogP contribution in [0.3, 0.4) is 0 Å². The van der Waals surface area contributed by atoms with Gasteiger partial charge in [-0.15, -0.1) is 12.3 Å². The number of hydrogen-bond acceptors (Lipinski definition) is 5. The summed E-state index contributed by atoms with van der Waals surface area (Å²) in [6.07, 6.45) is 26.3. The van der Waals surface area contributed by atoms with E-state index in [1.165, 1.54) is 0 Å². The molecular weight excluding hydrogens is 681 g/mol. The average Bonchev–Trinajstić information content (AvgIpc) is 3.75. The maximum atomic E-state index is 5.24. The van der Waals surface area contributed by atoms with E-state index in [1.54, 1.807) is 31.0 Å². The van der Waals surface area contributed by atoms with Gasteiger partial charge < -0.3 is 27.4 Å². The molecule has 11 nitrogen and oxygen atoms in total. The minimum Gasteiger partial charge on any atom is -0.420 e. The summed E-state index contributed by atoms with van der Waals surface area (Å²) in [5.74, 6) is 7.06. The molecule has 0 atom stereocenters. The summed E-state index contributed by atoms with van der Waals surface area (Å²) in [7, 11) is 9.82. The molecule has 6 aromatic rings. The Kier molecular flexibility index (Phi) is 10.6. The van der Waals surface area contributed by atoms with Crippen LogP contribution in [0.1, 0.15) is 6.42 Å². The van der Waals surface area contributed by atoms with Crippen molar-refractivity contribution in [3.63, 3.8) is 0 Å². The van der Waals surface area contributed by atoms with E-state index in [0.29, 0.717) is 6.42 Å². The van der Waals surface area contributed by atoms with Gasteiger partial charge in [-0.25, -0.2) is 19.9 Å². The zero-order valence-corrected chi connectivity index (χ0v) is 25.7. The molecule has 0 N–H and O–H groups in total.